The number of hydrogen-bond donors (Lipinski definition) is 3. The lowest BCUT2D eigenvalue weighted by molar-refractivity contribution is 0.204. The average Bonchev–Trinajstić information content (AvgIpc) is 1.85. The molecule has 0 bridgehead atoms. The smallest absolute Gasteiger partial charge is 0.188 e. The highest BCUT2D eigenvalue weighted by Gasteiger charge is 1.92. The van der Waals surface area contributed by atoms with Gasteiger partial charge in [0.2, 0.25) is 0 Å². The van der Waals surface area contributed by atoms with Gasteiger partial charge in [0, 0.05) is 6.54 Å². The van der Waals surface area contributed by atoms with Crippen molar-refractivity contribution in [3.63, 3.8) is 0 Å². The normalized spacial score (nSPS) is 13.5. The van der Waals surface area contributed by atoms with Crippen molar-refractivity contribution in [2.45, 2.75) is 20.0 Å². The van der Waals surface area contributed by atoms with Gasteiger partial charge in [-0.05, 0) is 13.8 Å². The molecule has 68 valence electrons. The van der Waals surface area contributed by atoms with Gasteiger partial charge in [-0.15, -0.1) is 24.0 Å². The number of rotatable bonds is 3. The monoisotopic (exact) mass is 273 g/mol. The van der Waals surface area contributed by atoms with Gasteiger partial charge < -0.3 is 16.2 Å². The Morgan fingerprint density at radius 1 is 1.73 bits per heavy atom. The van der Waals surface area contributed by atoms with Crippen LogP contribution in [-0.2, 0) is 0 Å². The summed E-state index contributed by atoms with van der Waals surface area (Å²) < 4.78 is 0. The minimum Gasteiger partial charge on any atom is -0.391 e. The molecule has 0 fully saturated rings. The molecule has 0 amide bonds. The molecular formula is C6H16IN3O. The Morgan fingerprint density at radius 2 is 2.27 bits per heavy atom. The van der Waals surface area contributed by atoms with E-state index in [1.807, 2.05) is 6.92 Å². The third-order valence-corrected chi connectivity index (χ3v) is 0.884. The Labute approximate surface area is 84.3 Å². The van der Waals surface area contributed by atoms with Crippen molar-refractivity contribution in [3.05, 3.63) is 0 Å². The number of aliphatic hydroxyl groups is 1. The molecule has 0 aromatic carbocycles. The Balaban J connectivity index is 0. The molecule has 0 aliphatic heterocycles. The van der Waals surface area contributed by atoms with Crippen LogP contribution in [0.5, 0.6) is 0 Å². The Hall–Kier alpha value is -0.0400. The summed E-state index contributed by atoms with van der Waals surface area (Å²) in [5.41, 5.74) is 5.36. The van der Waals surface area contributed by atoms with Gasteiger partial charge in [-0.2, -0.15) is 0 Å². The SMILES string of the molecule is CCNC(N)=NC[C@@H](C)O.I. The van der Waals surface area contributed by atoms with Gasteiger partial charge in [-0.25, -0.2) is 0 Å². The van der Waals surface area contributed by atoms with Gasteiger partial charge in [0.05, 0.1) is 12.6 Å². The summed E-state index contributed by atoms with van der Waals surface area (Å²) in [6.07, 6.45) is -0.419. The second-order valence-electron chi connectivity index (χ2n) is 2.11. The molecule has 0 unspecified atom stereocenters. The predicted octanol–water partition coefficient (Wildman–Crippen LogP) is -0.0906. The minimum atomic E-state index is -0.419. The van der Waals surface area contributed by atoms with Gasteiger partial charge in [-0.1, -0.05) is 0 Å². The van der Waals surface area contributed by atoms with Crippen LogP contribution < -0.4 is 11.1 Å². The first kappa shape index (κ1) is 13.5. The molecule has 0 aliphatic rings. The molecular weight excluding hydrogens is 257 g/mol. The number of nitrogens with one attached hydrogen (secondary N) is 1. The highest BCUT2D eigenvalue weighted by molar-refractivity contribution is 14.0. The van der Waals surface area contributed by atoms with Crippen LogP contribution in [0, 0.1) is 0 Å². The first-order chi connectivity index (χ1) is 4.66. The number of aliphatic imine (C=N–C) groups is 1. The molecule has 5 heteroatoms. The lowest BCUT2D eigenvalue weighted by atomic mass is 10.4. The Bertz CT molecular complexity index is 116. The Morgan fingerprint density at radius 3 is 2.64 bits per heavy atom. The summed E-state index contributed by atoms with van der Waals surface area (Å²) in [4.78, 5) is 3.85. The van der Waals surface area contributed by atoms with E-state index in [0.29, 0.717) is 12.5 Å². The van der Waals surface area contributed by atoms with E-state index < -0.39 is 6.10 Å². The summed E-state index contributed by atoms with van der Waals surface area (Å²) in [6, 6.07) is 0. The molecule has 0 radical (unpaired) electrons. The van der Waals surface area contributed by atoms with Gasteiger partial charge in [0.25, 0.3) is 0 Å². The van der Waals surface area contributed by atoms with Crippen molar-refractivity contribution in [2.75, 3.05) is 13.1 Å². The standard InChI is InChI=1S/C6H15N3O.HI/c1-3-8-6(7)9-4-5(2)10;/h5,10H,3-4H2,1-2H3,(H3,7,8,9);1H/t5-;/m1./s1. The molecule has 0 saturated heterocycles. The highest BCUT2D eigenvalue weighted by atomic mass is 127. The number of nitrogens with two attached hydrogens (primary N) is 1. The van der Waals surface area contributed by atoms with Gasteiger partial charge in [0.15, 0.2) is 5.96 Å². The molecule has 11 heavy (non-hydrogen) atoms. The molecule has 0 rings (SSSR count). The maximum Gasteiger partial charge on any atom is 0.188 e. The number of hydrogen-bond acceptors (Lipinski definition) is 2. The van der Waals surface area contributed by atoms with Crippen molar-refractivity contribution in [1.82, 2.24) is 5.32 Å². The third kappa shape index (κ3) is 9.96. The highest BCUT2D eigenvalue weighted by Crippen LogP contribution is 1.79. The molecule has 0 aromatic heterocycles. The molecule has 0 spiro atoms. The van der Waals surface area contributed by atoms with E-state index in [4.69, 9.17) is 10.8 Å². The zero-order valence-corrected chi connectivity index (χ0v) is 9.20. The molecule has 4 N–H and O–H groups in total. The topological polar surface area (TPSA) is 70.6 Å². The van der Waals surface area contributed by atoms with Crippen molar-refractivity contribution in [1.29, 1.82) is 0 Å². The third-order valence-electron chi connectivity index (χ3n) is 0.884. The molecule has 0 aliphatic carbocycles. The number of halogens is 1. The second kappa shape index (κ2) is 8.06. The Kier molecular flexibility index (Phi) is 9.92. The second-order valence-corrected chi connectivity index (χ2v) is 2.11. The van der Waals surface area contributed by atoms with Crippen LogP contribution in [0.4, 0.5) is 0 Å². The van der Waals surface area contributed by atoms with Gasteiger partial charge in [0.1, 0.15) is 0 Å². The van der Waals surface area contributed by atoms with Crippen molar-refractivity contribution in [3.8, 4) is 0 Å². The zero-order chi connectivity index (χ0) is 7.98. The summed E-state index contributed by atoms with van der Waals surface area (Å²) in [5.74, 6) is 0.392. The lowest BCUT2D eigenvalue weighted by Gasteiger charge is -2.02. The van der Waals surface area contributed by atoms with E-state index in [1.165, 1.54) is 0 Å². The van der Waals surface area contributed by atoms with E-state index in [1.54, 1.807) is 6.92 Å². The van der Waals surface area contributed by atoms with Gasteiger partial charge >= 0.3 is 0 Å². The number of aliphatic hydroxyl groups excluding tert-OH is 1. The van der Waals surface area contributed by atoms with E-state index >= 15 is 0 Å². The first-order valence-electron chi connectivity index (χ1n) is 3.38. The summed E-state index contributed by atoms with van der Waals surface area (Å²) >= 11 is 0. The van der Waals surface area contributed by atoms with Crippen LogP contribution in [0.1, 0.15) is 13.8 Å². The fourth-order valence-electron chi connectivity index (χ4n) is 0.467. The average molecular weight is 273 g/mol. The number of nitrogens with zero attached hydrogens (tertiary/aromatic N) is 1. The number of guanidine groups is 1. The summed E-state index contributed by atoms with van der Waals surface area (Å²) in [5, 5.41) is 11.6. The minimum absolute atomic E-state index is 0. The van der Waals surface area contributed by atoms with Crippen LogP contribution in [-0.4, -0.2) is 30.3 Å². The summed E-state index contributed by atoms with van der Waals surface area (Å²) in [7, 11) is 0. The van der Waals surface area contributed by atoms with E-state index in [2.05, 4.69) is 10.3 Å². The quantitative estimate of drug-likeness (QED) is 0.382. The van der Waals surface area contributed by atoms with Crippen LogP contribution in [0.3, 0.4) is 0 Å². The van der Waals surface area contributed by atoms with Crippen LogP contribution in [0.15, 0.2) is 4.99 Å². The first-order valence-corrected chi connectivity index (χ1v) is 3.38. The van der Waals surface area contributed by atoms with Crippen LogP contribution >= 0.6 is 24.0 Å². The fourth-order valence-corrected chi connectivity index (χ4v) is 0.467. The largest absolute Gasteiger partial charge is 0.391 e. The summed E-state index contributed by atoms with van der Waals surface area (Å²) in [6.45, 7) is 4.72. The molecule has 0 heterocycles. The molecule has 4 nitrogen and oxygen atoms in total. The van der Waals surface area contributed by atoms with Crippen molar-refractivity contribution >= 4 is 29.9 Å². The lowest BCUT2D eigenvalue weighted by Crippen LogP contribution is -2.32. The van der Waals surface area contributed by atoms with E-state index in [9.17, 15) is 0 Å². The molecule has 0 saturated carbocycles. The predicted molar refractivity (Wildman–Crippen MR) is 57.3 cm³/mol. The zero-order valence-electron chi connectivity index (χ0n) is 6.87. The van der Waals surface area contributed by atoms with E-state index in [0.717, 1.165) is 6.54 Å². The van der Waals surface area contributed by atoms with Crippen LogP contribution in [0.2, 0.25) is 0 Å². The van der Waals surface area contributed by atoms with Crippen LogP contribution in [0.25, 0.3) is 0 Å². The molecule has 1 atom stereocenters. The maximum atomic E-state index is 8.78. The molecule has 0 aromatic rings. The van der Waals surface area contributed by atoms with Gasteiger partial charge in [-0.3, -0.25) is 4.99 Å². The van der Waals surface area contributed by atoms with E-state index in [-0.39, 0.29) is 24.0 Å². The van der Waals surface area contributed by atoms with Crippen molar-refractivity contribution < 1.29 is 5.11 Å². The maximum absolute atomic E-state index is 8.78. The van der Waals surface area contributed by atoms with Crippen molar-refractivity contribution in [2.24, 2.45) is 10.7 Å². The fraction of sp³-hybridized carbons (Fsp3) is 0.833.